The van der Waals surface area contributed by atoms with E-state index >= 15 is 0 Å². The third-order valence-corrected chi connectivity index (χ3v) is 7.05. The molecule has 1 nitrogen and oxygen atoms in total. The molecule has 0 aromatic carbocycles. The molecule has 2 bridgehead atoms. The molecule has 1 spiro atoms. The van der Waals surface area contributed by atoms with Crippen molar-refractivity contribution in [3.8, 4) is 0 Å². The fourth-order valence-electron chi connectivity index (χ4n) is 5.40. The highest BCUT2D eigenvalue weighted by molar-refractivity contribution is 5.88. The lowest BCUT2D eigenvalue weighted by Crippen LogP contribution is -2.62. The van der Waals surface area contributed by atoms with Gasteiger partial charge in [0.15, 0.2) is 0 Å². The maximum Gasteiger partial charge on any atom is 0.139 e. The topological polar surface area (TPSA) is 17.1 Å². The summed E-state index contributed by atoms with van der Waals surface area (Å²) in [5.74, 6) is 2.13. The van der Waals surface area contributed by atoms with Gasteiger partial charge >= 0.3 is 0 Å². The first-order chi connectivity index (χ1) is 7.34. The van der Waals surface area contributed by atoms with E-state index in [-0.39, 0.29) is 10.8 Å². The van der Waals surface area contributed by atoms with Crippen LogP contribution in [0.2, 0.25) is 0 Å². The van der Waals surface area contributed by atoms with Crippen molar-refractivity contribution in [1.29, 1.82) is 0 Å². The Morgan fingerprint density at radius 1 is 1.12 bits per heavy atom. The minimum atomic E-state index is -0.0243. The molecule has 0 saturated heterocycles. The van der Waals surface area contributed by atoms with E-state index in [1.807, 2.05) is 0 Å². The van der Waals surface area contributed by atoms with E-state index in [2.05, 4.69) is 27.7 Å². The Bertz CT molecular complexity index is 356. The molecule has 1 heteroatoms. The minimum Gasteiger partial charge on any atom is -0.299 e. The van der Waals surface area contributed by atoms with E-state index in [4.69, 9.17) is 0 Å². The van der Waals surface area contributed by atoms with Crippen LogP contribution in [0.4, 0.5) is 0 Å². The normalized spacial score (nSPS) is 54.1. The molecule has 0 heterocycles. The average molecular weight is 220 g/mol. The first-order valence-electron chi connectivity index (χ1n) is 6.88. The number of rotatable bonds is 0. The second-order valence-corrected chi connectivity index (χ2v) is 7.42. The molecule has 0 N–H and O–H groups in total. The third kappa shape index (κ3) is 0.889. The van der Waals surface area contributed by atoms with Crippen molar-refractivity contribution in [2.24, 2.45) is 28.1 Å². The second-order valence-electron chi connectivity index (χ2n) is 7.42. The number of carbonyl (C=O) groups is 1. The lowest BCUT2D eigenvalue weighted by Gasteiger charge is -2.64. The molecule has 0 amide bonds. The molecule has 4 fully saturated rings. The number of carbonyl (C=O) groups excluding carboxylic acids is 1. The van der Waals surface area contributed by atoms with Gasteiger partial charge in [-0.05, 0) is 48.3 Å². The van der Waals surface area contributed by atoms with Crippen molar-refractivity contribution in [3.05, 3.63) is 0 Å². The van der Waals surface area contributed by atoms with E-state index in [0.29, 0.717) is 11.2 Å². The molecule has 0 aliphatic heterocycles. The van der Waals surface area contributed by atoms with Crippen molar-refractivity contribution in [3.63, 3.8) is 0 Å². The third-order valence-electron chi connectivity index (χ3n) is 7.05. The highest BCUT2D eigenvalue weighted by atomic mass is 16.1. The van der Waals surface area contributed by atoms with E-state index < -0.39 is 0 Å². The number of ketones is 1. The molecule has 0 radical (unpaired) electrons. The molecule has 4 aliphatic carbocycles. The average Bonchev–Trinajstić information content (AvgIpc) is 2.51. The molecular formula is C15H24O. The summed E-state index contributed by atoms with van der Waals surface area (Å²) in [6.45, 7) is 9.35. The van der Waals surface area contributed by atoms with Crippen LogP contribution in [0.3, 0.4) is 0 Å². The molecule has 90 valence electrons. The summed E-state index contributed by atoms with van der Waals surface area (Å²) in [5.41, 5.74) is 0.590. The van der Waals surface area contributed by atoms with E-state index in [1.165, 1.54) is 19.3 Å². The Labute approximate surface area is 99.0 Å². The SMILES string of the molecule is C[C@H]1CC[C@@H]2C(C)(C)[C@]3(C)CC[C@@]21CC3=O. The smallest absolute Gasteiger partial charge is 0.139 e. The van der Waals surface area contributed by atoms with Crippen LogP contribution in [-0.4, -0.2) is 5.78 Å². The predicted molar refractivity (Wildman–Crippen MR) is 65.1 cm³/mol. The van der Waals surface area contributed by atoms with Crippen LogP contribution in [0, 0.1) is 28.1 Å². The molecule has 0 unspecified atom stereocenters. The van der Waals surface area contributed by atoms with Gasteiger partial charge in [0.1, 0.15) is 5.78 Å². The highest BCUT2D eigenvalue weighted by Gasteiger charge is 2.68. The van der Waals surface area contributed by atoms with Crippen molar-refractivity contribution >= 4 is 5.78 Å². The van der Waals surface area contributed by atoms with Gasteiger partial charge < -0.3 is 0 Å². The Kier molecular flexibility index (Phi) is 1.85. The lowest BCUT2D eigenvalue weighted by atomic mass is 9.39. The second kappa shape index (κ2) is 2.73. The number of Topliss-reactive ketones (excluding diaryl/α,β-unsaturated/α-hetero) is 1. The van der Waals surface area contributed by atoms with E-state index in [0.717, 1.165) is 24.7 Å². The van der Waals surface area contributed by atoms with Crippen molar-refractivity contribution < 1.29 is 4.79 Å². The molecule has 4 atom stereocenters. The van der Waals surface area contributed by atoms with Crippen LogP contribution in [0.25, 0.3) is 0 Å². The van der Waals surface area contributed by atoms with Gasteiger partial charge in [0, 0.05) is 11.8 Å². The van der Waals surface area contributed by atoms with Crippen LogP contribution in [-0.2, 0) is 4.79 Å². The largest absolute Gasteiger partial charge is 0.299 e. The van der Waals surface area contributed by atoms with Gasteiger partial charge in [-0.2, -0.15) is 0 Å². The zero-order valence-corrected chi connectivity index (χ0v) is 11.1. The zero-order valence-electron chi connectivity index (χ0n) is 11.1. The quantitative estimate of drug-likeness (QED) is 0.606. The van der Waals surface area contributed by atoms with Gasteiger partial charge in [-0.1, -0.05) is 27.7 Å². The maximum atomic E-state index is 12.5. The summed E-state index contributed by atoms with van der Waals surface area (Å²) in [6, 6.07) is 0. The van der Waals surface area contributed by atoms with Crippen LogP contribution in [0.1, 0.15) is 59.8 Å². The summed E-state index contributed by atoms with van der Waals surface area (Å²) in [5, 5.41) is 0. The molecule has 0 aromatic rings. The van der Waals surface area contributed by atoms with E-state index in [9.17, 15) is 4.79 Å². The summed E-state index contributed by atoms with van der Waals surface area (Å²) in [4.78, 5) is 12.5. The van der Waals surface area contributed by atoms with Gasteiger partial charge in [0.25, 0.3) is 0 Å². The lowest BCUT2D eigenvalue weighted by molar-refractivity contribution is -0.179. The molecule has 0 aromatic heterocycles. The maximum absolute atomic E-state index is 12.5. The fraction of sp³-hybridized carbons (Fsp3) is 0.933. The molecular weight excluding hydrogens is 196 g/mol. The van der Waals surface area contributed by atoms with E-state index in [1.54, 1.807) is 0 Å². The molecule has 4 saturated carbocycles. The Morgan fingerprint density at radius 2 is 1.81 bits per heavy atom. The van der Waals surface area contributed by atoms with Crippen molar-refractivity contribution in [2.45, 2.75) is 59.8 Å². The number of fused-ring (bicyclic) bond motifs is 2. The Hall–Kier alpha value is -0.330. The van der Waals surface area contributed by atoms with Gasteiger partial charge in [0.2, 0.25) is 0 Å². The number of hydrogen-bond donors (Lipinski definition) is 0. The van der Waals surface area contributed by atoms with Crippen molar-refractivity contribution in [1.82, 2.24) is 0 Å². The Morgan fingerprint density at radius 3 is 2.44 bits per heavy atom. The van der Waals surface area contributed by atoms with Gasteiger partial charge in [-0.3, -0.25) is 4.79 Å². The summed E-state index contributed by atoms with van der Waals surface area (Å²) >= 11 is 0. The van der Waals surface area contributed by atoms with Crippen LogP contribution >= 0.6 is 0 Å². The summed E-state index contributed by atoms with van der Waals surface area (Å²) < 4.78 is 0. The Balaban J connectivity index is 2.15. The highest BCUT2D eigenvalue weighted by Crippen LogP contribution is 2.72. The van der Waals surface area contributed by atoms with Crippen LogP contribution < -0.4 is 0 Å². The van der Waals surface area contributed by atoms with Gasteiger partial charge in [0.05, 0.1) is 0 Å². The standard InChI is InChI=1S/C15H24O/c1-10-5-6-11-13(2,3)14(4)7-8-15(10,11)9-12(14)16/h10-11H,5-9H2,1-4H3/t10-,11+,14+,15-/m0/s1. The minimum absolute atomic E-state index is 0.0243. The molecule has 16 heavy (non-hydrogen) atoms. The predicted octanol–water partition coefficient (Wildman–Crippen LogP) is 3.82. The number of hydrogen-bond acceptors (Lipinski definition) is 1. The van der Waals surface area contributed by atoms with Gasteiger partial charge in [-0.15, -0.1) is 0 Å². The van der Waals surface area contributed by atoms with Gasteiger partial charge in [-0.25, -0.2) is 0 Å². The van der Waals surface area contributed by atoms with Crippen LogP contribution in [0.5, 0.6) is 0 Å². The monoisotopic (exact) mass is 220 g/mol. The summed E-state index contributed by atoms with van der Waals surface area (Å²) in [7, 11) is 0. The summed E-state index contributed by atoms with van der Waals surface area (Å²) in [6.07, 6.45) is 6.04. The first kappa shape index (κ1) is 10.8. The van der Waals surface area contributed by atoms with Crippen LogP contribution in [0.15, 0.2) is 0 Å². The van der Waals surface area contributed by atoms with Crippen molar-refractivity contribution in [2.75, 3.05) is 0 Å². The zero-order chi connectivity index (χ0) is 11.8. The molecule has 4 rings (SSSR count). The fourth-order valence-corrected chi connectivity index (χ4v) is 5.40. The first-order valence-corrected chi connectivity index (χ1v) is 6.88. The molecule has 4 aliphatic rings.